The van der Waals surface area contributed by atoms with E-state index in [-0.39, 0.29) is 0 Å². The fourth-order valence-electron chi connectivity index (χ4n) is 1.34. The zero-order valence-electron chi connectivity index (χ0n) is 6.24. The van der Waals surface area contributed by atoms with E-state index in [0.717, 1.165) is 0 Å². The molecule has 1 aliphatic rings. The maximum atomic E-state index is 3.38. The van der Waals surface area contributed by atoms with E-state index < -0.39 is 0 Å². The van der Waals surface area contributed by atoms with Crippen molar-refractivity contribution in [3.63, 3.8) is 0 Å². The van der Waals surface area contributed by atoms with Gasteiger partial charge in [0.1, 0.15) is 0 Å². The highest BCUT2D eigenvalue weighted by molar-refractivity contribution is 7.98. The summed E-state index contributed by atoms with van der Waals surface area (Å²) in [5.41, 5.74) is 0.597. The van der Waals surface area contributed by atoms with Gasteiger partial charge in [0.25, 0.3) is 0 Å². The molecule has 0 aromatic rings. The predicted molar refractivity (Wildman–Crippen MR) is 44.0 cm³/mol. The molecule has 0 saturated carbocycles. The van der Waals surface area contributed by atoms with Gasteiger partial charge in [-0.05, 0) is 30.4 Å². The van der Waals surface area contributed by atoms with Crippen molar-refractivity contribution in [2.45, 2.75) is 13.3 Å². The third-order valence-electron chi connectivity index (χ3n) is 1.95. The Morgan fingerprint density at radius 3 is 2.89 bits per heavy atom. The van der Waals surface area contributed by atoms with Gasteiger partial charge < -0.3 is 5.32 Å². The molecule has 1 unspecified atom stereocenters. The van der Waals surface area contributed by atoms with Crippen LogP contribution in [0.1, 0.15) is 13.3 Å². The van der Waals surface area contributed by atoms with Crippen molar-refractivity contribution in [2.24, 2.45) is 5.41 Å². The standard InChI is InChI=1S/C7H15NS/c1-7(6-9-2)3-4-8-5-7/h8H,3-6H2,1-2H3. The summed E-state index contributed by atoms with van der Waals surface area (Å²) in [5, 5.41) is 3.38. The summed E-state index contributed by atoms with van der Waals surface area (Å²) in [4.78, 5) is 0. The highest BCUT2D eigenvalue weighted by Crippen LogP contribution is 2.27. The second-order valence-electron chi connectivity index (χ2n) is 3.17. The van der Waals surface area contributed by atoms with E-state index in [1.807, 2.05) is 11.8 Å². The van der Waals surface area contributed by atoms with Gasteiger partial charge in [0.05, 0.1) is 0 Å². The Balaban J connectivity index is 2.32. The molecule has 0 radical (unpaired) electrons. The van der Waals surface area contributed by atoms with Crippen molar-refractivity contribution in [1.29, 1.82) is 0 Å². The summed E-state index contributed by atoms with van der Waals surface area (Å²) >= 11 is 1.96. The van der Waals surface area contributed by atoms with Gasteiger partial charge in [-0.15, -0.1) is 0 Å². The monoisotopic (exact) mass is 145 g/mol. The molecule has 0 bridgehead atoms. The molecule has 1 heterocycles. The SMILES string of the molecule is CSCC1(C)CCNC1. The van der Waals surface area contributed by atoms with Gasteiger partial charge in [0.2, 0.25) is 0 Å². The van der Waals surface area contributed by atoms with E-state index in [4.69, 9.17) is 0 Å². The molecule has 0 aliphatic carbocycles. The smallest absolute Gasteiger partial charge is 0.00135 e. The van der Waals surface area contributed by atoms with Crippen LogP contribution in [0, 0.1) is 5.41 Å². The van der Waals surface area contributed by atoms with Crippen LogP contribution in [-0.2, 0) is 0 Å². The second kappa shape index (κ2) is 2.93. The van der Waals surface area contributed by atoms with Crippen LogP contribution in [-0.4, -0.2) is 25.1 Å². The van der Waals surface area contributed by atoms with Gasteiger partial charge in [0.15, 0.2) is 0 Å². The van der Waals surface area contributed by atoms with Crippen LogP contribution < -0.4 is 5.32 Å². The number of hydrogen-bond donors (Lipinski definition) is 1. The molecule has 1 aliphatic heterocycles. The summed E-state index contributed by atoms with van der Waals surface area (Å²) in [5.74, 6) is 1.31. The maximum Gasteiger partial charge on any atom is 0.00135 e. The minimum atomic E-state index is 0.597. The predicted octanol–water partition coefficient (Wildman–Crippen LogP) is 1.35. The number of rotatable bonds is 2. The first-order valence-electron chi connectivity index (χ1n) is 3.46. The van der Waals surface area contributed by atoms with E-state index in [1.54, 1.807) is 0 Å². The average molecular weight is 145 g/mol. The minimum absolute atomic E-state index is 0.597. The van der Waals surface area contributed by atoms with Crippen LogP contribution in [0.5, 0.6) is 0 Å². The van der Waals surface area contributed by atoms with Crippen LogP contribution in [0.15, 0.2) is 0 Å². The Kier molecular flexibility index (Phi) is 2.42. The normalized spacial score (nSPS) is 35.3. The van der Waals surface area contributed by atoms with Gasteiger partial charge in [0, 0.05) is 6.54 Å². The quantitative estimate of drug-likeness (QED) is 0.629. The van der Waals surface area contributed by atoms with Crippen LogP contribution in [0.3, 0.4) is 0 Å². The molecule has 54 valence electrons. The van der Waals surface area contributed by atoms with E-state index in [0.29, 0.717) is 5.41 Å². The average Bonchev–Trinajstić information content (AvgIpc) is 2.16. The van der Waals surface area contributed by atoms with Gasteiger partial charge >= 0.3 is 0 Å². The Morgan fingerprint density at radius 1 is 1.67 bits per heavy atom. The topological polar surface area (TPSA) is 12.0 Å². The van der Waals surface area contributed by atoms with E-state index >= 15 is 0 Å². The zero-order valence-corrected chi connectivity index (χ0v) is 7.05. The molecule has 1 atom stereocenters. The summed E-state index contributed by atoms with van der Waals surface area (Å²) in [6, 6.07) is 0. The lowest BCUT2D eigenvalue weighted by molar-refractivity contribution is 0.424. The summed E-state index contributed by atoms with van der Waals surface area (Å²) in [6.07, 6.45) is 3.54. The lowest BCUT2D eigenvalue weighted by atomic mass is 9.93. The molecule has 0 aromatic heterocycles. The highest BCUT2D eigenvalue weighted by Gasteiger charge is 2.27. The summed E-state index contributed by atoms with van der Waals surface area (Å²) in [7, 11) is 0. The van der Waals surface area contributed by atoms with E-state index in [2.05, 4.69) is 18.5 Å². The number of hydrogen-bond acceptors (Lipinski definition) is 2. The van der Waals surface area contributed by atoms with Gasteiger partial charge in [-0.3, -0.25) is 0 Å². The van der Waals surface area contributed by atoms with Gasteiger partial charge in [-0.25, -0.2) is 0 Å². The van der Waals surface area contributed by atoms with Crippen LogP contribution in [0.25, 0.3) is 0 Å². The number of nitrogens with one attached hydrogen (secondary N) is 1. The molecule has 1 nitrogen and oxygen atoms in total. The van der Waals surface area contributed by atoms with Crippen molar-refractivity contribution in [1.82, 2.24) is 5.32 Å². The van der Waals surface area contributed by atoms with Crippen molar-refractivity contribution < 1.29 is 0 Å². The van der Waals surface area contributed by atoms with Crippen molar-refractivity contribution in [3.05, 3.63) is 0 Å². The van der Waals surface area contributed by atoms with Gasteiger partial charge in [-0.1, -0.05) is 6.92 Å². The molecule has 9 heavy (non-hydrogen) atoms. The maximum absolute atomic E-state index is 3.38. The van der Waals surface area contributed by atoms with Crippen molar-refractivity contribution in [2.75, 3.05) is 25.1 Å². The molecule has 1 fully saturated rings. The minimum Gasteiger partial charge on any atom is -0.316 e. The van der Waals surface area contributed by atoms with E-state index in [9.17, 15) is 0 Å². The van der Waals surface area contributed by atoms with E-state index in [1.165, 1.54) is 25.3 Å². The molecule has 0 amide bonds. The summed E-state index contributed by atoms with van der Waals surface area (Å²) in [6.45, 7) is 4.80. The lowest BCUT2D eigenvalue weighted by Crippen LogP contribution is -2.22. The molecule has 1 saturated heterocycles. The summed E-state index contributed by atoms with van der Waals surface area (Å²) < 4.78 is 0. The first-order chi connectivity index (χ1) is 4.27. The largest absolute Gasteiger partial charge is 0.316 e. The first-order valence-corrected chi connectivity index (χ1v) is 4.86. The molecule has 2 heteroatoms. The molecule has 0 spiro atoms. The molecule has 1 N–H and O–H groups in total. The Morgan fingerprint density at radius 2 is 2.44 bits per heavy atom. The molecule has 1 rings (SSSR count). The molecular weight excluding hydrogens is 130 g/mol. The molecular formula is C7H15NS. The zero-order chi connectivity index (χ0) is 6.74. The highest BCUT2D eigenvalue weighted by atomic mass is 32.2. The fraction of sp³-hybridized carbons (Fsp3) is 1.00. The molecule has 0 aromatic carbocycles. The third-order valence-corrected chi connectivity index (χ3v) is 2.94. The Hall–Kier alpha value is 0.310. The van der Waals surface area contributed by atoms with Crippen LogP contribution in [0.4, 0.5) is 0 Å². The first kappa shape index (κ1) is 7.42. The number of thioether (sulfide) groups is 1. The van der Waals surface area contributed by atoms with Crippen LogP contribution >= 0.6 is 11.8 Å². The van der Waals surface area contributed by atoms with Gasteiger partial charge in [-0.2, -0.15) is 11.8 Å². The fourth-order valence-corrected chi connectivity index (χ4v) is 2.28. The Labute approximate surface area is 61.6 Å². The lowest BCUT2D eigenvalue weighted by Gasteiger charge is -2.20. The van der Waals surface area contributed by atoms with Crippen LogP contribution in [0.2, 0.25) is 0 Å². The second-order valence-corrected chi connectivity index (χ2v) is 4.04. The van der Waals surface area contributed by atoms with Crippen molar-refractivity contribution >= 4 is 11.8 Å². The van der Waals surface area contributed by atoms with Crippen molar-refractivity contribution in [3.8, 4) is 0 Å². The Bertz CT molecular complexity index is 86.9. The third kappa shape index (κ3) is 1.87.